The number of anilines is 1. The quantitative estimate of drug-likeness (QED) is 0.233. The van der Waals surface area contributed by atoms with Crippen molar-refractivity contribution in [3.05, 3.63) is 82.0 Å². The molecule has 0 unspecified atom stereocenters. The fourth-order valence-corrected chi connectivity index (χ4v) is 4.18. The zero-order valence-electron chi connectivity index (χ0n) is 24.2. The number of tetrazole rings is 1. The van der Waals surface area contributed by atoms with Gasteiger partial charge in [0.1, 0.15) is 12.2 Å². The van der Waals surface area contributed by atoms with Crippen molar-refractivity contribution in [1.29, 1.82) is 0 Å². The van der Waals surface area contributed by atoms with E-state index in [1.807, 2.05) is 0 Å². The second-order valence-electron chi connectivity index (χ2n) is 10.9. The lowest BCUT2D eigenvalue weighted by Gasteiger charge is -2.23. The lowest BCUT2D eigenvalue weighted by atomic mass is 9.99. The Bertz CT molecular complexity index is 1790. The summed E-state index contributed by atoms with van der Waals surface area (Å²) in [6.45, 7) is 10.1. The Balaban J connectivity index is 1.76. The van der Waals surface area contributed by atoms with Crippen LogP contribution in [0.2, 0.25) is 5.02 Å². The third-order valence-electron chi connectivity index (χ3n) is 6.00. The second-order valence-corrected chi connectivity index (χ2v) is 11.3. The van der Waals surface area contributed by atoms with Gasteiger partial charge in [-0.25, -0.2) is 9.67 Å². The number of carbonyl (C=O) groups is 2. The van der Waals surface area contributed by atoms with E-state index in [-0.39, 0.29) is 39.2 Å². The van der Waals surface area contributed by atoms with Crippen LogP contribution in [0.3, 0.4) is 0 Å². The van der Waals surface area contributed by atoms with E-state index in [1.54, 1.807) is 33.8 Å². The van der Waals surface area contributed by atoms with E-state index in [9.17, 15) is 31.5 Å². The van der Waals surface area contributed by atoms with Crippen LogP contribution in [0, 0.1) is 6.92 Å². The van der Waals surface area contributed by atoms with E-state index in [4.69, 9.17) is 17.3 Å². The van der Waals surface area contributed by atoms with Gasteiger partial charge in [0.25, 0.3) is 17.6 Å². The Labute approximate surface area is 257 Å². The number of aryl methyl sites for hydroxylation is 1. The van der Waals surface area contributed by atoms with Crippen molar-refractivity contribution < 1.29 is 31.5 Å². The molecule has 0 fully saturated rings. The number of hydrogen-bond donors (Lipinski definition) is 3. The van der Waals surface area contributed by atoms with Crippen LogP contribution in [0.5, 0.6) is 0 Å². The molecule has 0 saturated carbocycles. The number of nitrogens with zero attached hydrogens (tertiary/aromatic N) is 7. The molecule has 0 aliphatic rings. The van der Waals surface area contributed by atoms with E-state index in [2.05, 4.69) is 42.7 Å². The highest BCUT2D eigenvalue weighted by Crippen LogP contribution is 2.42. The topological polar surface area (TPSA) is 159 Å². The van der Waals surface area contributed by atoms with Crippen molar-refractivity contribution >= 4 is 34.8 Å². The fraction of sp³-hybridized carbons (Fsp3) is 0.296. The Kier molecular flexibility index (Phi) is 8.70. The molecule has 1 aromatic carbocycles. The SMILES string of the molecule is C=C(N)c1cc(C)c(NC(=O)c2cc(Cn3nnc(C(F)(F)C(F)(F)F)n3)nn2-c2ncccc2Cl)c(C(=O)NC(C)(C)C)c1. The van der Waals surface area contributed by atoms with Crippen molar-refractivity contribution in [2.24, 2.45) is 5.73 Å². The van der Waals surface area contributed by atoms with Crippen molar-refractivity contribution in [3.8, 4) is 5.82 Å². The van der Waals surface area contributed by atoms with Crippen LogP contribution < -0.4 is 16.4 Å². The fourth-order valence-electron chi connectivity index (χ4n) is 3.97. The summed E-state index contributed by atoms with van der Waals surface area (Å²) in [7, 11) is 0. The van der Waals surface area contributed by atoms with Crippen LogP contribution in [0.4, 0.5) is 27.6 Å². The van der Waals surface area contributed by atoms with Gasteiger partial charge in [-0.1, -0.05) is 18.2 Å². The van der Waals surface area contributed by atoms with E-state index < -0.39 is 41.8 Å². The molecule has 0 bridgehead atoms. The third kappa shape index (κ3) is 7.08. The maximum atomic E-state index is 13.8. The summed E-state index contributed by atoms with van der Waals surface area (Å²) in [4.78, 5) is 31.7. The van der Waals surface area contributed by atoms with Crippen molar-refractivity contribution in [2.45, 2.75) is 51.9 Å². The van der Waals surface area contributed by atoms with Crippen LogP contribution in [0.15, 0.2) is 43.1 Å². The minimum Gasteiger partial charge on any atom is -0.399 e. The molecule has 3 aromatic heterocycles. The maximum Gasteiger partial charge on any atom is 0.461 e. The summed E-state index contributed by atoms with van der Waals surface area (Å²) in [5.41, 5.74) is 6.29. The van der Waals surface area contributed by atoms with Gasteiger partial charge in [-0.2, -0.15) is 31.8 Å². The zero-order chi connectivity index (χ0) is 33.5. The number of benzene rings is 1. The Morgan fingerprint density at radius 2 is 1.76 bits per heavy atom. The monoisotopic (exact) mass is 652 g/mol. The average molecular weight is 653 g/mol. The van der Waals surface area contributed by atoms with Gasteiger partial charge in [-0.15, -0.1) is 10.2 Å². The Morgan fingerprint density at radius 3 is 2.36 bits per heavy atom. The molecule has 0 aliphatic heterocycles. The van der Waals surface area contributed by atoms with Crippen LogP contribution >= 0.6 is 11.6 Å². The van der Waals surface area contributed by atoms with E-state index >= 15 is 0 Å². The lowest BCUT2D eigenvalue weighted by molar-refractivity contribution is -0.292. The molecule has 45 heavy (non-hydrogen) atoms. The molecule has 2 amide bonds. The van der Waals surface area contributed by atoms with Crippen LogP contribution in [0.25, 0.3) is 11.5 Å². The zero-order valence-corrected chi connectivity index (χ0v) is 24.9. The van der Waals surface area contributed by atoms with Gasteiger partial charge in [-0.3, -0.25) is 9.59 Å². The average Bonchev–Trinajstić information content (AvgIpc) is 3.56. The summed E-state index contributed by atoms with van der Waals surface area (Å²) in [6, 6.07) is 7.28. The molecular formula is C27H26ClF5N10O2. The Morgan fingerprint density at radius 1 is 1.07 bits per heavy atom. The maximum absolute atomic E-state index is 13.8. The largest absolute Gasteiger partial charge is 0.461 e. The third-order valence-corrected chi connectivity index (χ3v) is 6.30. The van der Waals surface area contributed by atoms with E-state index in [1.165, 1.54) is 30.5 Å². The molecule has 4 N–H and O–H groups in total. The normalized spacial score (nSPS) is 12.2. The Hall–Kier alpha value is -4.93. The number of hydrogen-bond acceptors (Lipinski definition) is 8. The van der Waals surface area contributed by atoms with Gasteiger partial charge < -0.3 is 16.4 Å². The summed E-state index contributed by atoms with van der Waals surface area (Å²) in [5, 5.41) is 19.1. The van der Waals surface area contributed by atoms with Gasteiger partial charge in [0.05, 0.1) is 22.0 Å². The van der Waals surface area contributed by atoms with Gasteiger partial charge in [0.15, 0.2) is 5.82 Å². The van der Waals surface area contributed by atoms with E-state index in [0.717, 1.165) is 4.68 Å². The summed E-state index contributed by atoms with van der Waals surface area (Å²) >= 11 is 6.30. The number of amides is 2. The van der Waals surface area contributed by atoms with Crippen LogP contribution in [0.1, 0.15) is 64.3 Å². The molecule has 18 heteroatoms. The molecule has 4 rings (SSSR count). The number of nitrogens with one attached hydrogen (secondary N) is 2. The smallest absolute Gasteiger partial charge is 0.399 e. The molecule has 0 spiro atoms. The van der Waals surface area contributed by atoms with Crippen molar-refractivity contribution in [2.75, 3.05) is 5.32 Å². The molecule has 0 radical (unpaired) electrons. The summed E-state index contributed by atoms with van der Waals surface area (Å²) in [6.07, 6.45) is -4.58. The van der Waals surface area contributed by atoms with E-state index in [0.29, 0.717) is 15.9 Å². The number of alkyl halides is 5. The molecule has 3 heterocycles. The summed E-state index contributed by atoms with van der Waals surface area (Å²) in [5.74, 6) is -8.55. The highest BCUT2D eigenvalue weighted by Gasteiger charge is 2.62. The molecule has 0 atom stereocenters. The number of nitrogens with two attached hydrogens (primary N) is 1. The van der Waals surface area contributed by atoms with Crippen LogP contribution in [-0.4, -0.2) is 58.5 Å². The summed E-state index contributed by atoms with van der Waals surface area (Å²) < 4.78 is 66.8. The number of aromatic nitrogens is 7. The number of carbonyl (C=O) groups excluding carboxylic acids is 2. The number of rotatable bonds is 8. The molecule has 0 aliphatic carbocycles. The molecule has 12 nitrogen and oxygen atoms in total. The lowest BCUT2D eigenvalue weighted by Crippen LogP contribution is -2.41. The van der Waals surface area contributed by atoms with Gasteiger partial charge >= 0.3 is 12.1 Å². The minimum atomic E-state index is -5.94. The first-order valence-corrected chi connectivity index (χ1v) is 13.3. The minimum absolute atomic E-state index is 0.0105. The van der Waals surface area contributed by atoms with Gasteiger partial charge in [-0.05, 0) is 74.4 Å². The van der Waals surface area contributed by atoms with Crippen molar-refractivity contribution in [3.63, 3.8) is 0 Å². The number of pyridine rings is 1. The molecular weight excluding hydrogens is 627 g/mol. The van der Waals surface area contributed by atoms with Crippen LogP contribution in [-0.2, 0) is 12.5 Å². The second kappa shape index (κ2) is 11.9. The molecule has 238 valence electrons. The first-order valence-electron chi connectivity index (χ1n) is 12.9. The highest BCUT2D eigenvalue weighted by molar-refractivity contribution is 6.32. The van der Waals surface area contributed by atoms with Gasteiger partial charge in [0, 0.05) is 17.4 Å². The highest BCUT2D eigenvalue weighted by atomic mass is 35.5. The predicted molar refractivity (Wildman–Crippen MR) is 153 cm³/mol. The first-order chi connectivity index (χ1) is 20.8. The first kappa shape index (κ1) is 33.0. The predicted octanol–water partition coefficient (Wildman–Crippen LogP) is 4.63. The van der Waals surface area contributed by atoms with Crippen molar-refractivity contribution in [1.82, 2.24) is 40.3 Å². The molecule has 0 saturated heterocycles. The molecule has 4 aromatic rings. The van der Waals surface area contributed by atoms with Gasteiger partial charge in [0.2, 0.25) is 0 Å². The number of halogens is 6. The standard InChI is InChI=1S/C27H26ClF5N10O2/c1-13-9-15(14(2)34)10-17(22(44)37-25(3,4)5)20(13)36-23(45)19-11-16(39-43(19)21-18(28)7-6-8-35-21)12-42-40-24(38-41-42)26(29,30)27(31,32)33/h6-11H,2,12,34H2,1,3-5H3,(H,36,45)(H,37,44).